The third-order valence-electron chi connectivity index (χ3n) is 6.54. The topological polar surface area (TPSA) is 54.3 Å². The number of para-hydroxylation sites is 1. The predicted octanol–water partition coefficient (Wildman–Crippen LogP) is 3.61. The largest absolute Gasteiger partial charge is 0.356 e. The number of hydrogen-bond donors (Lipinski definition) is 1. The van der Waals surface area contributed by atoms with Crippen LogP contribution in [0.25, 0.3) is 10.9 Å². The van der Waals surface area contributed by atoms with Gasteiger partial charge >= 0.3 is 0 Å². The molecule has 3 heterocycles. The molecule has 2 saturated heterocycles. The number of carbonyl (C=O) groups excluding carboxylic acids is 2. The molecule has 2 aliphatic rings. The van der Waals surface area contributed by atoms with Crippen LogP contribution >= 0.6 is 0 Å². The molecule has 0 spiro atoms. The Morgan fingerprint density at radius 2 is 1.93 bits per heavy atom. The summed E-state index contributed by atoms with van der Waals surface area (Å²) in [7, 11) is 0. The van der Waals surface area contributed by atoms with Gasteiger partial charge in [-0.25, -0.2) is 0 Å². The number of nitrogens with one attached hydrogen (secondary N) is 1. The first-order valence-corrected chi connectivity index (χ1v) is 10.7. The molecule has 0 aliphatic carbocycles. The molecule has 1 amide bonds. The number of aromatic nitrogens is 1. The van der Waals surface area contributed by atoms with E-state index in [-0.39, 0.29) is 11.7 Å². The zero-order chi connectivity index (χ0) is 19.5. The zero-order valence-electron chi connectivity index (χ0n) is 16.8. The average molecular weight is 382 g/mol. The number of ketones is 1. The van der Waals surface area contributed by atoms with Gasteiger partial charge in [0.25, 0.3) is 0 Å². The highest BCUT2D eigenvalue weighted by atomic mass is 16.1. The molecule has 0 bridgehead atoms. The Morgan fingerprint density at radius 3 is 2.79 bits per heavy atom. The lowest BCUT2D eigenvalue weighted by Crippen LogP contribution is -2.51. The summed E-state index contributed by atoms with van der Waals surface area (Å²) >= 11 is 0. The maximum atomic E-state index is 12.5. The summed E-state index contributed by atoms with van der Waals surface area (Å²) in [5.41, 5.74) is 1.75. The van der Waals surface area contributed by atoms with Gasteiger partial charge in [0.2, 0.25) is 5.91 Å². The second-order valence-electron chi connectivity index (χ2n) is 8.36. The van der Waals surface area contributed by atoms with E-state index in [1.54, 1.807) is 6.92 Å². The van der Waals surface area contributed by atoms with Gasteiger partial charge in [-0.3, -0.25) is 9.59 Å². The van der Waals surface area contributed by atoms with Crippen molar-refractivity contribution in [2.75, 3.05) is 19.6 Å². The van der Waals surface area contributed by atoms with E-state index in [2.05, 4.69) is 10.2 Å². The Labute approximate surface area is 167 Å². The van der Waals surface area contributed by atoms with E-state index >= 15 is 0 Å². The molecule has 1 aromatic heterocycles. The molecule has 1 N–H and O–H groups in total. The maximum absolute atomic E-state index is 12.5. The number of nitrogens with zero attached hydrogens (tertiary/aromatic N) is 2. The van der Waals surface area contributed by atoms with Crippen molar-refractivity contribution >= 4 is 22.6 Å². The van der Waals surface area contributed by atoms with Gasteiger partial charge < -0.3 is 14.8 Å². The van der Waals surface area contributed by atoms with Crippen molar-refractivity contribution < 1.29 is 9.59 Å². The van der Waals surface area contributed by atoms with Crippen LogP contribution in [0.2, 0.25) is 0 Å². The molecule has 28 heavy (non-hydrogen) atoms. The highest BCUT2D eigenvalue weighted by Crippen LogP contribution is 2.30. The van der Waals surface area contributed by atoms with Crippen molar-refractivity contribution in [1.82, 2.24) is 14.8 Å². The minimum absolute atomic E-state index is 0.0636. The molecule has 0 unspecified atom stereocenters. The van der Waals surface area contributed by atoms with Crippen LogP contribution < -0.4 is 5.32 Å². The molecular formula is C23H31N3O2. The van der Waals surface area contributed by atoms with E-state index in [0.717, 1.165) is 23.0 Å². The third-order valence-corrected chi connectivity index (χ3v) is 6.54. The molecular weight excluding hydrogens is 350 g/mol. The molecule has 4 rings (SSSR count). The Morgan fingerprint density at radius 1 is 1.11 bits per heavy atom. The molecule has 0 radical (unpaired) electrons. The first-order chi connectivity index (χ1) is 13.6. The number of Topliss-reactive ketones (excluding diaryl/α,β-unsaturated/α-hetero) is 1. The van der Waals surface area contributed by atoms with Crippen molar-refractivity contribution in [3.05, 3.63) is 36.0 Å². The lowest BCUT2D eigenvalue weighted by Gasteiger charge is -2.44. The molecule has 2 fully saturated rings. The first kappa shape index (κ1) is 19.2. The normalized spacial score (nSPS) is 22.8. The van der Waals surface area contributed by atoms with E-state index in [4.69, 9.17) is 0 Å². The van der Waals surface area contributed by atoms with Gasteiger partial charge in [0.1, 0.15) is 0 Å². The molecule has 150 valence electrons. The molecule has 5 heteroatoms. The van der Waals surface area contributed by atoms with Gasteiger partial charge in [0, 0.05) is 48.2 Å². The monoisotopic (exact) mass is 381 g/mol. The lowest BCUT2D eigenvalue weighted by molar-refractivity contribution is -0.121. The predicted molar refractivity (Wildman–Crippen MR) is 112 cm³/mol. The van der Waals surface area contributed by atoms with Crippen LogP contribution in [-0.4, -0.2) is 46.8 Å². The Kier molecular flexibility index (Phi) is 5.81. The zero-order valence-corrected chi connectivity index (χ0v) is 16.8. The van der Waals surface area contributed by atoms with Crippen molar-refractivity contribution in [1.29, 1.82) is 0 Å². The molecule has 2 aromatic rings. The summed E-state index contributed by atoms with van der Waals surface area (Å²) in [4.78, 5) is 27.0. The number of fused-ring (bicyclic) bond motifs is 2. The number of aryl methyl sites for hydroxylation is 1. The number of rotatable bonds is 6. The molecule has 0 saturated carbocycles. The maximum Gasteiger partial charge on any atom is 0.221 e. The minimum atomic E-state index is 0.0636. The summed E-state index contributed by atoms with van der Waals surface area (Å²) in [6.45, 7) is 5.45. The summed E-state index contributed by atoms with van der Waals surface area (Å²) in [5, 5.41) is 4.16. The lowest BCUT2D eigenvalue weighted by atomic mass is 9.83. The van der Waals surface area contributed by atoms with Gasteiger partial charge in [-0.1, -0.05) is 24.6 Å². The SMILES string of the molecule is CC(=O)c1cn(CCC(=O)NC[C@H]2CCCN3CCCC[C@H]23)c2ccccc12. The number of hydrogen-bond acceptors (Lipinski definition) is 3. The van der Waals surface area contributed by atoms with Gasteiger partial charge in [0.15, 0.2) is 5.78 Å². The van der Waals surface area contributed by atoms with Gasteiger partial charge in [-0.05, 0) is 57.7 Å². The van der Waals surface area contributed by atoms with Gasteiger partial charge in [-0.15, -0.1) is 0 Å². The second-order valence-corrected chi connectivity index (χ2v) is 8.36. The van der Waals surface area contributed by atoms with E-state index in [1.807, 2.05) is 35.0 Å². The molecule has 5 nitrogen and oxygen atoms in total. The van der Waals surface area contributed by atoms with Crippen LogP contribution in [0.15, 0.2) is 30.5 Å². The quantitative estimate of drug-likeness (QED) is 0.778. The van der Waals surface area contributed by atoms with E-state index in [9.17, 15) is 9.59 Å². The third kappa shape index (κ3) is 4.00. The second kappa shape index (κ2) is 8.48. The fourth-order valence-corrected chi connectivity index (χ4v) is 5.08. The highest BCUT2D eigenvalue weighted by Gasteiger charge is 2.32. The van der Waals surface area contributed by atoms with Crippen molar-refractivity contribution in [2.24, 2.45) is 5.92 Å². The van der Waals surface area contributed by atoms with Crippen LogP contribution in [0, 0.1) is 5.92 Å². The van der Waals surface area contributed by atoms with Gasteiger partial charge in [0.05, 0.1) is 0 Å². The number of benzene rings is 1. The van der Waals surface area contributed by atoms with Crippen molar-refractivity contribution in [2.45, 2.75) is 58.0 Å². The number of amides is 1. The van der Waals surface area contributed by atoms with Gasteiger partial charge in [-0.2, -0.15) is 0 Å². The van der Waals surface area contributed by atoms with Crippen LogP contribution in [-0.2, 0) is 11.3 Å². The molecule has 2 aliphatic heterocycles. The van der Waals surface area contributed by atoms with E-state index in [1.165, 1.54) is 45.2 Å². The van der Waals surface area contributed by atoms with Crippen LogP contribution in [0.4, 0.5) is 0 Å². The summed E-state index contributed by atoms with van der Waals surface area (Å²) in [6.07, 6.45) is 8.74. The number of piperidine rings is 2. The highest BCUT2D eigenvalue weighted by molar-refractivity contribution is 6.06. The smallest absolute Gasteiger partial charge is 0.221 e. The van der Waals surface area contributed by atoms with E-state index in [0.29, 0.717) is 24.9 Å². The van der Waals surface area contributed by atoms with Crippen molar-refractivity contribution in [3.8, 4) is 0 Å². The Bertz CT molecular complexity index is 855. The summed E-state index contributed by atoms with van der Waals surface area (Å²) < 4.78 is 2.04. The van der Waals surface area contributed by atoms with E-state index < -0.39 is 0 Å². The standard InChI is InChI=1S/C23H31N3O2/c1-17(27)20-16-26(22-10-3-2-8-19(20)22)14-11-23(28)24-15-18-7-6-13-25-12-5-4-9-21(18)25/h2-3,8,10,16,18,21H,4-7,9,11-15H2,1H3,(H,24,28)/t18-,21-/m1/s1. The fraction of sp³-hybridized carbons (Fsp3) is 0.565. The van der Waals surface area contributed by atoms with Crippen molar-refractivity contribution in [3.63, 3.8) is 0 Å². The van der Waals surface area contributed by atoms with Crippen LogP contribution in [0.1, 0.15) is 55.8 Å². The Hall–Kier alpha value is -2.14. The number of carbonyl (C=O) groups is 2. The molecule has 2 atom stereocenters. The van der Waals surface area contributed by atoms with Crippen LogP contribution in [0.3, 0.4) is 0 Å². The minimum Gasteiger partial charge on any atom is -0.356 e. The Balaban J connectivity index is 1.34. The average Bonchev–Trinajstić information content (AvgIpc) is 3.10. The fourth-order valence-electron chi connectivity index (χ4n) is 5.08. The molecule has 1 aromatic carbocycles. The first-order valence-electron chi connectivity index (χ1n) is 10.7. The van der Waals surface area contributed by atoms with Crippen LogP contribution in [0.5, 0.6) is 0 Å². The summed E-state index contributed by atoms with van der Waals surface area (Å²) in [6, 6.07) is 8.57. The summed E-state index contributed by atoms with van der Waals surface area (Å²) in [5.74, 6) is 0.763.